The number of benzene rings is 2. The van der Waals surface area contributed by atoms with E-state index in [4.69, 9.17) is 9.52 Å². The number of fused-ring (bicyclic) bond motifs is 2. The fourth-order valence-corrected chi connectivity index (χ4v) is 3.22. The smallest absolute Gasteiger partial charge is 0.335 e. The Morgan fingerprint density at radius 3 is 2.54 bits per heavy atom. The van der Waals surface area contributed by atoms with Crippen molar-refractivity contribution < 1.29 is 19.4 Å². The molecule has 0 aliphatic heterocycles. The highest BCUT2D eigenvalue weighted by Gasteiger charge is 2.27. The highest BCUT2D eigenvalue weighted by molar-refractivity contribution is 5.96. The molecule has 24 heavy (non-hydrogen) atoms. The molecule has 1 heterocycles. The number of carbonyl (C=O) groups is 1. The highest BCUT2D eigenvalue weighted by Crippen LogP contribution is 2.38. The summed E-state index contributed by atoms with van der Waals surface area (Å²) in [4.78, 5) is 23.7. The van der Waals surface area contributed by atoms with Gasteiger partial charge in [-0.3, -0.25) is 4.79 Å². The van der Waals surface area contributed by atoms with Crippen LogP contribution in [0.2, 0.25) is 0 Å². The molecular formula is C19H16O5. The molecule has 1 aliphatic carbocycles. The Hall–Kier alpha value is -2.66. The zero-order chi connectivity index (χ0) is 16.8. The van der Waals surface area contributed by atoms with Gasteiger partial charge in [0.25, 0.3) is 0 Å². The third-order valence-electron chi connectivity index (χ3n) is 4.88. The van der Waals surface area contributed by atoms with Crippen LogP contribution in [0.1, 0.15) is 41.3 Å². The van der Waals surface area contributed by atoms with E-state index >= 15 is 0 Å². The minimum atomic E-state index is -1.09. The molecule has 5 heteroatoms. The van der Waals surface area contributed by atoms with Crippen LogP contribution < -0.4 is 5.43 Å². The first-order valence-corrected chi connectivity index (χ1v) is 7.96. The molecule has 1 aliphatic rings. The molecule has 2 aromatic carbocycles. The quantitative estimate of drug-likeness (QED) is 0.720. The summed E-state index contributed by atoms with van der Waals surface area (Å²) in [6.45, 7) is 0. The molecule has 2 N–H and O–H groups in total. The minimum absolute atomic E-state index is 0.0474. The predicted molar refractivity (Wildman–Crippen MR) is 89.3 cm³/mol. The fraction of sp³-hybridized carbons (Fsp3) is 0.263. The van der Waals surface area contributed by atoms with Crippen LogP contribution in [0.5, 0.6) is 0 Å². The normalized spacial score (nSPS) is 16.2. The third kappa shape index (κ3) is 2.29. The van der Waals surface area contributed by atoms with Crippen molar-refractivity contribution in [2.45, 2.75) is 25.4 Å². The molecule has 1 saturated carbocycles. The summed E-state index contributed by atoms with van der Waals surface area (Å²) in [5.74, 6) is -0.817. The van der Waals surface area contributed by atoms with E-state index in [1.807, 2.05) is 0 Å². The van der Waals surface area contributed by atoms with Gasteiger partial charge in [0.1, 0.15) is 11.2 Å². The number of rotatable bonds is 3. The standard InChI is InChI=1S/C19H16O5/c20-17(10-2-1-3-10)11-4-6-13-16(9-11)24-15-7-5-12(19(22)23)8-14(15)18(13)21/h4-10,17,20H,1-3H2,(H,22,23). The lowest BCUT2D eigenvalue weighted by Gasteiger charge is -2.30. The maximum absolute atomic E-state index is 12.6. The Kier molecular flexibility index (Phi) is 3.39. The zero-order valence-electron chi connectivity index (χ0n) is 12.9. The number of carboxylic acid groups (broad SMARTS) is 1. The highest BCUT2D eigenvalue weighted by atomic mass is 16.4. The lowest BCUT2D eigenvalue weighted by Crippen LogP contribution is -2.20. The van der Waals surface area contributed by atoms with Gasteiger partial charge in [-0.2, -0.15) is 0 Å². The molecule has 122 valence electrons. The van der Waals surface area contributed by atoms with Gasteiger partial charge in [-0.05, 0) is 54.7 Å². The first-order chi connectivity index (χ1) is 11.5. The minimum Gasteiger partial charge on any atom is -0.478 e. The molecule has 1 unspecified atom stereocenters. The van der Waals surface area contributed by atoms with Crippen molar-refractivity contribution >= 4 is 27.9 Å². The van der Waals surface area contributed by atoms with Crippen molar-refractivity contribution in [2.24, 2.45) is 5.92 Å². The summed E-state index contributed by atoms with van der Waals surface area (Å²) in [6, 6.07) is 9.34. The van der Waals surface area contributed by atoms with Crippen molar-refractivity contribution in [3.63, 3.8) is 0 Å². The Labute approximate surface area is 137 Å². The number of aliphatic hydroxyl groups excluding tert-OH is 1. The van der Waals surface area contributed by atoms with Crippen molar-refractivity contribution in [2.75, 3.05) is 0 Å². The van der Waals surface area contributed by atoms with E-state index in [1.165, 1.54) is 18.2 Å². The Morgan fingerprint density at radius 1 is 1.08 bits per heavy atom. The van der Waals surface area contributed by atoms with E-state index in [1.54, 1.807) is 18.2 Å². The van der Waals surface area contributed by atoms with Gasteiger partial charge in [0.05, 0.1) is 22.4 Å². The summed E-state index contributed by atoms with van der Waals surface area (Å²) in [6.07, 6.45) is 2.62. The third-order valence-corrected chi connectivity index (χ3v) is 4.88. The molecule has 5 nitrogen and oxygen atoms in total. The summed E-state index contributed by atoms with van der Waals surface area (Å²) >= 11 is 0. The monoisotopic (exact) mass is 324 g/mol. The van der Waals surface area contributed by atoms with Crippen molar-refractivity contribution in [1.29, 1.82) is 0 Å². The lowest BCUT2D eigenvalue weighted by atomic mass is 9.79. The molecular weight excluding hydrogens is 308 g/mol. The Morgan fingerprint density at radius 2 is 1.88 bits per heavy atom. The van der Waals surface area contributed by atoms with E-state index < -0.39 is 12.1 Å². The largest absolute Gasteiger partial charge is 0.478 e. The average Bonchev–Trinajstić information content (AvgIpc) is 2.52. The van der Waals surface area contributed by atoms with Crippen LogP contribution in [0.25, 0.3) is 21.9 Å². The molecule has 1 aromatic heterocycles. The molecule has 0 spiro atoms. The fourth-order valence-electron chi connectivity index (χ4n) is 3.22. The second-order valence-corrected chi connectivity index (χ2v) is 6.34. The van der Waals surface area contributed by atoms with Crippen LogP contribution in [0.4, 0.5) is 0 Å². The van der Waals surface area contributed by atoms with Crippen LogP contribution >= 0.6 is 0 Å². The van der Waals surface area contributed by atoms with Crippen LogP contribution in [-0.2, 0) is 0 Å². The predicted octanol–water partition coefficient (Wildman–Crippen LogP) is 3.48. The number of hydrogen-bond acceptors (Lipinski definition) is 4. The number of aliphatic hydroxyl groups is 1. The summed E-state index contributed by atoms with van der Waals surface area (Å²) < 4.78 is 5.78. The zero-order valence-corrected chi connectivity index (χ0v) is 12.9. The Bertz CT molecular complexity index is 1010. The first kappa shape index (κ1) is 14.9. The molecule has 0 amide bonds. The maximum atomic E-state index is 12.6. The summed E-state index contributed by atoms with van der Waals surface area (Å²) in [5, 5.41) is 20.1. The van der Waals surface area contributed by atoms with Gasteiger partial charge < -0.3 is 14.6 Å². The second-order valence-electron chi connectivity index (χ2n) is 6.34. The average molecular weight is 324 g/mol. The summed E-state index contributed by atoms with van der Waals surface area (Å²) in [5.41, 5.74) is 1.28. The van der Waals surface area contributed by atoms with Gasteiger partial charge in [0.2, 0.25) is 5.43 Å². The Balaban J connectivity index is 1.88. The lowest BCUT2D eigenvalue weighted by molar-refractivity contribution is 0.0621. The summed E-state index contributed by atoms with van der Waals surface area (Å²) in [7, 11) is 0. The van der Waals surface area contributed by atoms with Gasteiger partial charge >= 0.3 is 5.97 Å². The van der Waals surface area contributed by atoms with Crippen molar-refractivity contribution in [1.82, 2.24) is 0 Å². The van der Waals surface area contributed by atoms with Crippen molar-refractivity contribution in [3.05, 3.63) is 57.7 Å². The van der Waals surface area contributed by atoms with E-state index in [0.29, 0.717) is 16.6 Å². The molecule has 4 rings (SSSR count). The van der Waals surface area contributed by atoms with E-state index in [2.05, 4.69) is 0 Å². The van der Waals surface area contributed by atoms with Crippen LogP contribution in [0.15, 0.2) is 45.6 Å². The van der Waals surface area contributed by atoms with Crippen LogP contribution in [0.3, 0.4) is 0 Å². The number of carboxylic acids is 1. The maximum Gasteiger partial charge on any atom is 0.335 e. The topological polar surface area (TPSA) is 87.7 Å². The van der Waals surface area contributed by atoms with Crippen LogP contribution in [-0.4, -0.2) is 16.2 Å². The molecule has 0 bridgehead atoms. The van der Waals surface area contributed by atoms with Crippen LogP contribution in [0, 0.1) is 5.92 Å². The molecule has 1 atom stereocenters. The molecule has 3 aromatic rings. The van der Waals surface area contributed by atoms with Gasteiger partial charge in [-0.25, -0.2) is 4.79 Å². The molecule has 1 fully saturated rings. The van der Waals surface area contributed by atoms with Gasteiger partial charge in [-0.1, -0.05) is 12.5 Å². The second kappa shape index (κ2) is 5.46. The van der Waals surface area contributed by atoms with Gasteiger partial charge in [0, 0.05) is 0 Å². The first-order valence-electron chi connectivity index (χ1n) is 7.96. The van der Waals surface area contributed by atoms with E-state index in [9.17, 15) is 14.7 Å². The van der Waals surface area contributed by atoms with Gasteiger partial charge in [0.15, 0.2) is 0 Å². The SMILES string of the molecule is O=C(O)c1ccc2oc3cc(C(O)C4CCC4)ccc3c(=O)c2c1. The van der Waals surface area contributed by atoms with E-state index in [-0.39, 0.29) is 22.3 Å². The number of aromatic carboxylic acids is 1. The van der Waals surface area contributed by atoms with E-state index in [0.717, 1.165) is 24.8 Å². The molecule has 0 saturated heterocycles. The molecule has 0 radical (unpaired) electrons. The van der Waals surface area contributed by atoms with Crippen molar-refractivity contribution in [3.8, 4) is 0 Å². The number of hydrogen-bond donors (Lipinski definition) is 2. The van der Waals surface area contributed by atoms with Gasteiger partial charge in [-0.15, -0.1) is 0 Å².